The van der Waals surface area contributed by atoms with Crippen molar-refractivity contribution in [3.05, 3.63) is 22.7 Å². The molecule has 3 rings (SSSR count). The third-order valence-corrected chi connectivity index (χ3v) is 9.21. The summed E-state index contributed by atoms with van der Waals surface area (Å²) in [4.78, 5) is 40.4. The normalized spacial score (nSPS) is 28.5. The van der Waals surface area contributed by atoms with Gasteiger partial charge in [-0.3, -0.25) is 23.2 Å². The summed E-state index contributed by atoms with van der Waals surface area (Å²) in [5.74, 6) is -0.554. The van der Waals surface area contributed by atoms with Gasteiger partial charge in [0.2, 0.25) is 0 Å². The van der Waals surface area contributed by atoms with Crippen LogP contribution in [0.15, 0.2) is 17.1 Å². The maximum absolute atomic E-state index is 13.8. The second-order valence-corrected chi connectivity index (χ2v) is 13.6. The van der Waals surface area contributed by atoms with E-state index in [1.54, 1.807) is 34.6 Å². The molecule has 2 fully saturated rings. The largest absolute Gasteiger partial charge is 0.462 e. The number of aliphatic hydroxyl groups excluding tert-OH is 2. The molecule has 1 aliphatic heterocycles. The number of fused-ring (bicyclic) bond motifs is 1. The average molecular weight is 593 g/mol. The fourth-order valence-corrected chi connectivity index (χ4v) is 6.68. The first-order valence-corrected chi connectivity index (χ1v) is 15.0. The molecule has 1 aromatic rings. The summed E-state index contributed by atoms with van der Waals surface area (Å²) >= 11 is 1.00. The number of hydrogen-bond donors (Lipinski definition) is 4. The molecule has 220 valence electrons. The van der Waals surface area contributed by atoms with Gasteiger partial charge in [0.15, 0.2) is 11.3 Å². The Labute approximate surface area is 230 Å². The predicted octanol–water partition coefficient (Wildman–Crippen LogP) is 0.822. The monoisotopic (exact) mass is 592 g/mol. The van der Waals surface area contributed by atoms with Crippen molar-refractivity contribution in [2.24, 2.45) is 10.8 Å². The Hall–Kier alpha value is -1.84. The third-order valence-electron chi connectivity index (χ3n) is 6.23. The maximum Gasteiger partial charge on any atom is 0.406 e. The molecule has 7 atom stereocenters. The number of carbonyl (C=O) groups is 2. The van der Waals surface area contributed by atoms with E-state index in [1.807, 2.05) is 0 Å². The Balaban J connectivity index is 1.75. The smallest absolute Gasteiger partial charge is 0.406 e. The zero-order chi connectivity index (χ0) is 29.3. The van der Waals surface area contributed by atoms with Crippen LogP contribution < -0.4 is 16.5 Å². The highest BCUT2D eigenvalue weighted by molar-refractivity contribution is 8.13. The van der Waals surface area contributed by atoms with Crippen LogP contribution in [0.2, 0.25) is 0 Å². The Morgan fingerprint density at radius 1 is 1.36 bits per heavy atom. The zero-order valence-electron chi connectivity index (χ0n) is 22.7. The van der Waals surface area contributed by atoms with Crippen LogP contribution in [0.25, 0.3) is 0 Å². The molecule has 2 aliphatic rings. The number of carbonyl (C=O) groups excluding carboxylic acids is 2. The molecule has 5 N–H and O–H groups in total. The number of aliphatic hydroxyl groups is 2. The Morgan fingerprint density at radius 3 is 2.56 bits per heavy atom. The van der Waals surface area contributed by atoms with E-state index >= 15 is 0 Å². The van der Waals surface area contributed by atoms with E-state index < -0.39 is 73.5 Å². The number of nitrogen functional groups attached to an aromatic ring is 1. The molecule has 16 heteroatoms. The lowest BCUT2D eigenvalue weighted by Crippen LogP contribution is -2.40. The summed E-state index contributed by atoms with van der Waals surface area (Å²) in [6, 6.07) is 0.247. The molecule has 0 bridgehead atoms. The van der Waals surface area contributed by atoms with Gasteiger partial charge in [0, 0.05) is 17.4 Å². The van der Waals surface area contributed by atoms with Crippen LogP contribution in [-0.2, 0) is 32.7 Å². The summed E-state index contributed by atoms with van der Waals surface area (Å²) in [6.45, 7) is 9.25. The number of aromatic nitrogens is 2. The van der Waals surface area contributed by atoms with Crippen molar-refractivity contribution < 1.29 is 42.9 Å². The first kappa shape index (κ1) is 31.7. The molecule has 0 spiro atoms. The molecular formula is C23H37N4O10PS. The zero-order valence-corrected chi connectivity index (χ0v) is 24.4. The Bertz CT molecular complexity index is 1170. The molecule has 2 heterocycles. The number of esters is 1. The van der Waals surface area contributed by atoms with Crippen molar-refractivity contribution in [3.8, 4) is 0 Å². The Kier molecular flexibility index (Phi) is 9.71. The lowest BCUT2D eigenvalue weighted by Gasteiger charge is -2.28. The molecule has 14 nitrogen and oxygen atoms in total. The summed E-state index contributed by atoms with van der Waals surface area (Å²) < 4.78 is 37.1. The van der Waals surface area contributed by atoms with Gasteiger partial charge in [-0.1, -0.05) is 32.5 Å². The van der Waals surface area contributed by atoms with Crippen LogP contribution >= 0.6 is 19.5 Å². The van der Waals surface area contributed by atoms with Crippen LogP contribution in [0.5, 0.6) is 0 Å². The molecule has 1 aliphatic carbocycles. The van der Waals surface area contributed by atoms with Crippen molar-refractivity contribution in [2.75, 3.05) is 24.7 Å². The van der Waals surface area contributed by atoms with Crippen molar-refractivity contribution in [1.82, 2.24) is 14.6 Å². The lowest BCUT2D eigenvalue weighted by atomic mass is 9.99. The molecule has 39 heavy (non-hydrogen) atoms. The van der Waals surface area contributed by atoms with E-state index in [-0.39, 0.29) is 23.3 Å². The van der Waals surface area contributed by atoms with Gasteiger partial charge in [0.05, 0.1) is 24.7 Å². The molecular weight excluding hydrogens is 555 g/mol. The topological polar surface area (TPSA) is 202 Å². The number of anilines is 1. The molecule has 1 saturated carbocycles. The number of nitrogens with two attached hydrogens (primary N) is 1. The number of hydrogen-bond acceptors (Lipinski definition) is 13. The highest BCUT2D eigenvalue weighted by Crippen LogP contribution is 2.66. The molecule has 0 aromatic carbocycles. The fourth-order valence-electron chi connectivity index (χ4n) is 4.06. The summed E-state index contributed by atoms with van der Waals surface area (Å²) in [5.41, 5.74) is 2.75. The SMILES string of the molecule is CC(C)OC(=O)[C@@H](C)N[P@@](=O)(OCCSC(=O)C(C)(C)C)OC1[C@H]2O[C@@H](n3ccc(N)nc3=O)[C@H](O)[C@@]12CO. The van der Waals surface area contributed by atoms with Gasteiger partial charge >= 0.3 is 19.4 Å². The van der Waals surface area contributed by atoms with E-state index in [9.17, 15) is 29.2 Å². The van der Waals surface area contributed by atoms with Crippen LogP contribution in [0.4, 0.5) is 5.82 Å². The highest BCUT2D eigenvalue weighted by Gasteiger charge is 2.79. The number of nitrogens with zero attached hydrogens (tertiary/aromatic N) is 2. The summed E-state index contributed by atoms with van der Waals surface area (Å²) in [5, 5.41) is 23.7. The maximum atomic E-state index is 13.8. The third kappa shape index (κ3) is 6.91. The summed E-state index contributed by atoms with van der Waals surface area (Å²) in [6.07, 6.45) is -3.83. The number of thioether (sulfide) groups is 1. The minimum Gasteiger partial charge on any atom is -0.462 e. The van der Waals surface area contributed by atoms with Crippen molar-refractivity contribution >= 4 is 36.4 Å². The highest BCUT2D eigenvalue weighted by atomic mass is 32.2. The first-order valence-electron chi connectivity index (χ1n) is 12.4. The molecule has 1 aromatic heterocycles. The van der Waals surface area contributed by atoms with Gasteiger partial charge in [-0.05, 0) is 26.8 Å². The van der Waals surface area contributed by atoms with E-state index in [0.717, 1.165) is 16.3 Å². The van der Waals surface area contributed by atoms with E-state index in [0.29, 0.717) is 0 Å². The molecule has 0 amide bonds. The minimum absolute atomic E-state index is 0.0105. The first-order chi connectivity index (χ1) is 18.1. The Morgan fingerprint density at radius 2 is 2.03 bits per heavy atom. The summed E-state index contributed by atoms with van der Waals surface area (Å²) in [7, 11) is -4.29. The van der Waals surface area contributed by atoms with Gasteiger partial charge < -0.3 is 25.4 Å². The van der Waals surface area contributed by atoms with E-state index in [2.05, 4.69) is 10.1 Å². The van der Waals surface area contributed by atoms with E-state index in [4.69, 9.17) is 24.3 Å². The second-order valence-electron chi connectivity index (χ2n) is 10.8. The standard InChI is InChI=1S/C23H37N4O10PS/c1-12(2)35-19(30)13(3)26-38(33,34-9-10-39-20(31)22(4,5)6)37-17-16-23(17,11-28)15(29)18(36-16)27-8-7-14(24)25-21(27)32/h7-8,12-13,15-18,28-29H,9-11H2,1-6H3,(H,26,33)(H2,24,25,32)/t13-,15+,16-,17?,18-,23-,38-/m1/s1. The van der Waals surface area contributed by atoms with Gasteiger partial charge in [-0.2, -0.15) is 4.98 Å². The molecule has 1 saturated heterocycles. The van der Waals surface area contributed by atoms with Crippen LogP contribution in [0.1, 0.15) is 47.8 Å². The van der Waals surface area contributed by atoms with Crippen LogP contribution in [0.3, 0.4) is 0 Å². The average Bonchev–Trinajstić information content (AvgIpc) is 3.31. The van der Waals surface area contributed by atoms with Crippen LogP contribution in [0, 0.1) is 10.8 Å². The van der Waals surface area contributed by atoms with E-state index in [1.165, 1.54) is 19.2 Å². The van der Waals surface area contributed by atoms with Gasteiger partial charge in [-0.15, -0.1) is 0 Å². The van der Waals surface area contributed by atoms with Crippen molar-refractivity contribution in [2.45, 2.75) is 78.2 Å². The number of ether oxygens (including phenoxy) is 2. The predicted molar refractivity (Wildman–Crippen MR) is 142 cm³/mol. The number of nitrogens with one attached hydrogen (secondary N) is 1. The number of rotatable bonds is 12. The van der Waals surface area contributed by atoms with Gasteiger partial charge in [0.1, 0.15) is 30.2 Å². The fraction of sp³-hybridized carbons (Fsp3) is 0.739. The van der Waals surface area contributed by atoms with Crippen molar-refractivity contribution in [1.29, 1.82) is 0 Å². The van der Waals surface area contributed by atoms with Gasteiger partial charge in [-0.25, -0.2) is 14.4 Å². The van der Waals surface area contributed by atoms with Crippen molar-refractivity contribution in [3.63, 3.8) is 0 Å². The quantitative estimate of drug-likeness (QED) is 0.151. The molecule has 1 unspecified atom stereocenters. The second kappa shape index (κ2) is 12.0. The minimum atomic E-state index is -4.29. The van der Waals surface area contributed by atoms with Gasteiger partial charge in [0.25, 0.3) is 0 Å². The van der Waals surface area contributed by atoms with Crippen LogP contribution in [-0.4, -0.2) is 80.3 Å². The molecule has 0 radical (unpaired) electrons. The lowest BCUT2D eigenvalue weighted by molar-refractivity contribution is -0.149.